The van der Waals surface area contributed by atoms with E-state index < -0.39 is 17.2 Å². The van der Waals surface area contributed by atoms with Crippen LogP contribution in [0.5, 0.6) is 0 Å². The van der Waals surface area contributed by atoms with Crippen LogP contribution in [0.1, 0.15) is 39.0 Å². The van der Waals surface area contributed by atoms with Crippen LogP contribution < -0.4 is 0 Å². The summed E-state index contributed by atoms with van der Waals surface area (Å²) < 4.78 is 11.2. The summed E-state index contributed by atoms with van der Waals surface area (Å²) in [4.78, 5) is 11.3. The van der Waals surface area contributed by atoms with Gasteiger partial charge in [-0.05, 0) is 19.3 Å². The Kier molecular flexibility index (Phi) is 2.73. The van der Waals surface area contributed by atoms with Gasteiger partial charge < -0.3 is 14.6 Å². The van der Waals surface area contributed by atoms with Gasteiger partial charge in [-0.1, -0.05) is 6.92 Å². The normalized spacial score (nSPS) is 34.5. The Morgan fingerprint density at radius 2 is 2.00 bits per heavy atom. The first kappa shape index (κ1) is 10.9. The number of rotatable bonds is 2. The van der Waals surface area contributed by atoms with E-state index in [4.69, 9.17) is 9.47 Å². The van der Waals surface area contributed by atoms with Gasteiger partial charge in [0.1, 0.15) is 0 Å². The highest BCUT2D eigenvalue weighted by molar-refractivity contribution is 5.74. The van der Waals surface area contributed by atoms with E-state index in [1.54, 1.807) is 0 Å². The van der Waals surface area contributed by atoms with Crippen molar-refractivity contribution in [2.24, 2.45) is 5.41 Å². The number of hydrogen-bond acceptors (Lipinski definition) is 3. The van der Waals surface area contributed by atoms with Crippen LogP contribution in [-0.4, -0.2) is 30.1 Å². The van der Waals surface area contributed by atoms with Crippen LogP contribution >= 0.6 is 0 Å². The van der Waals surface area contributed by atoms with Crippen LogP contribution in [0.3, 0.4) is 0 Å². The first-order chi connectivity index (χ1) is 7.13. The molecule has 0 aromatic rings. The Hall–Kier alpha value is -0.610. The van der Waals surface area contributed by atoms with E-state index in [0.29, 0.717) is 26.1 Å². The van der Waals surface area contributed by atoms with E-state index in [1.807, 2.05) is 6.92 Å². The molecule has 1 N–H and O–H groups in total. The van der Waals surface area contributed by atoms with Crippen molar-refractivity contribution in [1.82, 2.24) is 0 Å². The Labute approximate surface area is 89.6 Å². The molecule has 1 aliphatic carbocycles. The van der Waals surface area contributed by atoms with Gasteiger partial charge in [0.05, 0.1) is 18.6 Å². The maximum absolute atomic E-state index is 11.3. The molecule has 1 heterocycles. The molecule has 4 heteroatoms. The van der Waals surface area contributed by atoms with Crippen LogP contribution in [0, 0.1) is 5.41 Å². The maximum Gasteiger partial charge on any atom is 0.309 e. The van der Waals surface area contributed by atoms with Crippen molar-refractivity contribution in [2.45, 2.75) is 44.8 Å². The number of carboxylic acid groups (broad SMARTS) is 1. The van der Waals surface area contributed by atoms with Crippen molar-refractivity contribution in [3.63, 3.8) is 0 Å². The molecule has 2 fully saturated rings. The molecule has 1 spiro atoms. The summed E-state index contributed by atoms with van der Waals surface area (Å²) in [6.07, 6.45) is 3.61. The summed E-state index contributed by atoms with van der Waals surface area (Å²) in [5.74, 6) is -1.30. The molecule has 0 aromatic heterocycles. The summed E-state index contributed by atoms with van der Waals surface area (Å²) in [5, 5.41) is 9.32. The zero-order chi connectivity index (χ0) is 10.9. The summed E-state index contributed by atoms with van der Waals surface area (Å²) in [5.41, 5.74) is -0.636. The molecule has 2 aliphatic rings. The SMILES string of the molecule is CCC1(C(=O)O)CCCC2(C1)OCCO2. The zero-order valence-electron chi connectivity index (χ0n) is 9.12. The van der Waals surface area contributed by atoms with E-state index in [1.165, 1.54) is 0 Å². The number of ether oxygens (including phenoxy) is 2. The van der Waals surface area contributed by atoms with E-state index in [9.17, 15) is 9.90 Å². The second-order valence-corrected chi connectivity index (χ2v) is 4.58. The Bertz CT molecular complexity index is 257. The molecule has 15 heavy (non-hydrogen) atoms. The van der Waals surface area contributed by atoms with E-state index in [-0.39, 0.29) is 0 Å². The molecular weight excluding hydrogens is 196 g/mol. The molecule has 1 saturated carbocycles. The lowest BCUT2D eigenvalue weighted by molar-refractivity contribution is -0.209. The number of hydrogen-bond donors (Lipinski definition) is 1. The van der Waals surface area contributed by atoms with Crippen molar-refractivity contribution < 1.29 is 19.4 Å². The van der Waals surface area contributed by atoms with Crippen LogP contribution in [-0.2, 0) is 14.3 Å². The topological polar surface area (TPSA) is 55.8 Å². The maximum atomic E-state index is 11.3. The fraction of sp³-hybridized carbons (Fsp3) is 0.909. The molecule has 1 unspecified atom stereocenters. The molecule has 0 amide bonds. The van der Waals surface area contributed by atoms with E-state index in [0.717, 1.165) is 19.3 Å². The van der Waals surface area contributed by atoms with Gasteiger partial charge in [0.2, 0.25) is 0 Å². The summed E-state index contributed by atoms with van der Waals surface area (Å²) >= 11 is 0. The molecule has 2 rings (SSSR count). The highest BCUT2D eigenvalue weighted by Gasteiger charge is 2.51. The predicted molar refractivity (Wildman–Crippen MR) is 53.5 cm³/mol. The molecule has 4 nitrogen and oxygen atoms in total. The average Bonchev–Trinajstić information content (AvgIpc) is 2.66. The van der Waals surface area contributed by atoms with Crippen molar-refractivity contribution in [1.29, 1.82) is 0 Å². The lowest BCUT2D eigenvalue weighted by Gasteiger charge is -2.41. The molecule has 0 bridgehead atoms. The smallest absolute Gasteiger partial charge is 0.309 e. The minimum Gasteiger partial charge on any atom is -0.481 e. The molecular formula is C11H18O4. The monoisotopic (exact) mass is 214 g/mol. The van der Waals surface area contributed by atoms with Gasteiger partial charge >= 0.3 is 5.97 Å². The number of carbonyl (C=O) groups is 1. The zero-order valence-corrected chi connectivity index (χ0v) is 9.12. The molecule has 1 atom stereocenters. The van der Waals surface area contributed by atoms with Gasteiger partial charge in [-0.15, -0.1) is 0 Å². The van der Waals surface area contributed by atoms with Gasteiger partial charge in [0, 0.05) is 12.8 Å². The summed E-state index contributed by atoms with van der Waals surface area (Å²) in [6, 6.07) is 0. The molecule has 0 aromatic carbocycles. The molecule has 1 aliphatic heterocycles. The lowest BCUT2D eigenvalue weighted by atomic mass is 9.70. The van der Waals surface area contributed by atoms with Crippen molar-refractivity contribution >= 4 is 5.97 Å². The highest BCUT2D eigenvalue weighted by Crippen LogP contribution is 2.47. The van der Waals surface area contributed by atoms with Gasteiger partial charge in [0.25, 0.3) is 0 Å². The quantitative estimate of drug-likeness (QED) is 0.761. The number of aliphatic carboxylic acids is 1. The van der Waals surface area contributed by atoms with Crippen LogP contribution in [0.2, 0.25) is 0 Å². The van der Waals surface area contributed by atoms with Crippen LogP contribution in [0.25, 0.3) is 0 Å². The van der Waals surface area contributed by atoms with Crippen LogP contribution in [0.4, 0.5) is 0 Å². The largest absolute Gasteiger partial charge is 0.481 e. The van der Waals surface area contributed by atoms with Crippen molar-refractivity contribution in [3.05, 3.63) is 0 Å². The van der Waals surface area contributed by atoms with Gasteiger partial charge in [-0.3, -0.25) is 4.79 Å². The van der Waals surface area contributed by atoms with Crippen LogP contribution in [0.15, 0.2) is 0 Å². The van der Waals surface area contributed by atoms with E-state index >= 15 is 0 Å². The highest BCUT2D eigenvalue weighted by atomic mass is 16.7. The standard InChI is InChI=1S/C11H18O4/c1-2-10(9(12)13)4-3-5-11(8-10)14-6-7-15-11/h2-8H2,1H3,(H,12,13). The van der Waals surface area contributed by atoms with Gasteiger partial charge in [0.15, 0.2) is 5.79 Å². The fourth-order valence-corrected chi connectivity index (χ4v) is 2.77. The molecule has 86 valence electrons. The summed E-state index contributed by atoms with van der Waals surface area (Å²) in [7, 11) is 0. The first-order valence-electron chi connectivity index (χ1n) is 5.64. The van der Waals surface area contributed by atoms with Gasteiger partial charge in [-0.2, -0.15) is 0 Å². The first-order valence-corrected chi connectivity index (χ1v) is 5.64. The predicted octanol–water partition coefficient (Wildman–Crippen LogP) is 1.78. The minimum absolute atomic E-state index is 0.506. The fourth-order valence-electron chi connectivity index (χ4n) is 2.77. The van der Waals surface area contributed by atoms with Crippen molar-refractivity contribution in [2.75, 3.05) is 13.2 Å². The Morgan fingerprint density at radius 3 is 2.53 bits per heavy atom. The Balaban J connectivity index is 2.17. The number of carboxylic acids is 1. The third-order valence-electron chi connectivity index (χ3n) is 3.76. The molecule has 0 radical (unpaired) electrons. The lowest BCUT2D eigenvalue weighted by Crippen LogP contribution is -2.46. The second-order valence-electron chi connectivity index (χ2n) is 4.58. The third kappa shape index (κ3) is 1.76. The summed E-state index contributed by atoms with van der Waals surface area (Å²) in [6.45, 7) is 3.13. The van der Waals surface area contributed by atoms with E-state index in [2.05, 4.69) is 0 Å². The average molecular weight is 214 g/mol. The molecule has 1 saturated heterocycles. The third-order valence-corrected chi connectivity index (χ3v) is 3.76. The second kappa shape index (κ2) is 3.76. The van der Waals surface area contributed by atoms with Gasteiger partial charge in [-0.25, -0.2) is 0 Å². The van der Waals surface area contributed by atoms with Crippen molar-refractivity contribution in [3.8, 4) is 0 Å². The minimum atomic E-state index is -0.705. The Morgan fingerprint density at radius 1 is 1.33 bits per heavy atom.